The maximum atomic E-state index is 11.1. The first-order chi connectivity index (χ1) is 12.0. The zero-order valence-electron chi connectivity index (χ0n) is 13.1. The molecule has 0 fully saturated rings. The zero-order chi connectivity index (χ0) is 17.8. The van der Waals surface area contributed by atoms with E-state index in [4.69, 9.17) is 5.11 Å². The summed E-state index contributed by atoms with van der Waals surface area (Å²) in [5, 5.41) is 20.6. The number of benzene rings is 2. The predicted molar refractivity (Wildman–Crippen MR) is 94.8 cm³/mol. The minimum absolute atomic E-state index is 0.0411. The van der Waals surface area contributed by atoms with Crippen molar-refractivity contribution in [3.63, 3.8) is 0 Å². The van der Waals surface area contributed by atoms with Crippen molar-refractivity contribution >= 4 is 23.0 Å². The van der Waals surface area contributed by atoms with Gasteiger partial charge in [-0.2, -0.15) is 0 Å². The van der Waals surface area contributed by atoms with Crippen LogP contribution in [0.15, 0.2) is 54.6 Å². The fourth-order valence-corrected chi connectivity index (χ4v) is 3.58. The number of thiazole rings is 1. The Balaban J connectivity index is 1.90. The van der Waals surface area contributed by atoms with Crippen molar-refractivity contribution in [1.29, 1.82) is 0 Å². The number of hydrogen-bond acceptors (Lipinski definition) is 5. The topological polar surface area (TPSA) is 93.3 Å². The van der Waals surface area contributed by atoms with Gasteiger partial charge in [-0.3, -0.25) is 14.9 Å². The molecule has 0 amide bonds. The van der Waals surface area contributed by atoms with E-state index in [1.54, 1.807) is 12.1 Å². The fraction of sp³-hybridized carbons (Fsp3) is 0.111. The molecular weight excluding hydrogens is 340 g/mol. The highest BCUT2D eigenvalue weighted by atomic mass is 32.1. The van der Waals surface area contributed by atoms with Crippen LogP contribution in [0.3, 0.4) is 0 Å². The largest absolute Gasteiger partial charge is 0.481 e. The second-order valence-electron chi connectivity index (χ2n) is 5.42. The molecule has 0 aliphatic carbocycles. The van der Waals surface area contributed by atoms with Gasteiger partial charge in [0, 0.05) is 29.0 Å². The van der Waals surface area contributed by atoms with E-state index in [2.05, 4.69) is 4.98 Å². The number of rotatable bonds is 6. The molecule has 0 saturated carbocycles. The molecule has 0 aliphatic rings. The molecule has 0 unspecified atom stereocenters. The lowest BCUT2D eigenvalue weighted by Gasteiger charge is -1.99. The number of carboxylic acid groups (broad SMARTS) is 1. The summed E-state index contributed by atoms with van der Waals surface area (Å²) < 4.78 is 0. The maximum Gasteiger partial charge on any atom is 0.308 e. The maximum absolute atomic E-state index is 11.1. The van der Waals surface area contributed by atoms with Gasteiger partial charge in [0.25, 0.3) is 5.69 Å². The van der Waals surface area contributed by atoms with E-state index in [-0.39, 0.29) is 12.1 Å². The number of carboxylic acids is 1. The molecule has 126 valence electrons. The minimum Gasteiger partial charge on any atom is -0.481 e. The Labute approximate surface area is 147 Å². The number of nitrogens with zero attached hydrogens (tertiary/aromatic N) is 2. The normalized spacial score (nSPS) is 10.6. The summed E-state index contributed by atoms with van der Waals surface area (Å²) >= 11 is 1.36. The highest BCUT2D eigenvalue weighted by molar-refractivity contribution is 7.12. The molecule has 2 aromatic carbocycles. The zero-order valence-corrected chi connectivity index (χ0v) is 13.9. The average molecular weight is 354 g/mol. The molecule has 0 atom stereocenters. The van der Waals surface area contributed by atoms with E-state index < -0.39 is 10.9 Å². The van der Waals surface area contributed by atoms with E-state index in [9.17, 15) is 14.9 Å². The Kier molecular flexibility index (Phi) is 4.85. The summed E-state index contributed by atoms with van der Waals surface area (Å²) in [7, 11) is 0. The van der Waals surface area contributed by atoms with Gasteiger partial charge in [0.1, 0.15) is 0 Å². The molecule has 1 aromatic heterocycles. The van der Waals surface area contributed by atoms with Gasteiger partial charge in [0.2, 0.25) is 0 Å². The number of non-ortho nitro benzene ring substituents is 1. The van der Waals surface area contributed by atoms with E-state index in [1.165, 1.54) is 23.5 Å². The molecule has 0 saturated heterocycles. The Morgan fingerprint density at radius 3 is 2.40 bits per heavy atom. The van der Waals surface area contributed by atoms with Crippen LogP contribution in [0.25, 0.3) is 11.3 Å². The van der Waals surface area contributed by atoms with Crippen molar-refractivity contribution in [3.8, 4) is 11.3 Å². The summed E-state index contributed by atoms with van der Waals surface area (Å²) in [6, 6.07) is 15.8. The first-order valence-corrected chi connectivity index (χ1v) is 8.33. The lowest BCUT2D eigenvalue weighted by molar-refractivity contribution is -0.384. The highest BCUT2D eigenvalue weighted by Gasteiger charge is 2.16. The van der Waals surface area contributed by atoms with Gasteiger partial charge in [-0.15, -0.1) is 11.3 Å². The third-order valence-corrected chi connectivity index (χ3v) is 4.66. The monoisotopic (exact) mass is 354 g/mol. The molecule has 0 spiro atoms. The van der Waals surface area contributed by atoms with E-state index >= 15 is 0 Å². The van der Waals surface area contributed by atoms with Gasteiger partial charge in [-0.05, 0) is 5.56 Å². The molecule has 3 rings (SSSR count). The molecule has 0 bridgehead atoms. The lowest BCUT2D eigenvalue weighted by Crippen LogP contribution is -1.99. The van der Waals surface area contributed by atoms with Crippen LogP contribution in [0.5, 0.6) is 0 Å². The second-order valence-corrected chi connectivity index (χ2v) is 6.58. The van der Waals surface area contributed by atoms with Crippen molar-refractivity contribution in [2.24, 2.45) is 0 Å². The molecule has 25 heavy (non-hydrogen) atoms. The van der Waals surface area contributed by atoms with Crippen LogP contribution in [-0.4, -0.2) is 21.0 Å². The molecule has 7 heteroatoms. The van der Waals surface area contributed by atoms with Crippen LogP contribution < -0.4 is 0 Å². The van der Waals surface area contributed by atoms with Crippen LogP contribution in [-0.2, 0) is 17.6 Å². The van der Waals surface area contributed by atoms with E-state index in [0.717, 1.165) is 16.1 Å². The summed E-state index contributed by atoms with van der Waals surface area (Å²) in [5.41, 5.74) is 2.50. The molecule has 1 heterocycles. The first kappa shape index (κ1) is 16.8. The first-order valence-electron chi connectivity index (χ1n) is 7.52. The standard InChI is InChI=1S/C18H14N2O4S/c21-17(22)11-15-18(13-4-2-1-3-5-13)19-16(25-15)10-12-6-8-14(9-7-12)20(23)24/h1-9H,10-11H2,(H,21,22). The number of aliphatic carboxylic acids is 1. The lowest BCUT2D eigenvalue weighted by atomic mass is 10.1. The smallest absolute Gasteiger partial charge is 0.308 e. The Morgan fingerprint density at radius 1 is 1.12 bits per heavy atom. The second kappa shape index (κ2) is 7.23. The van der Waals surface area contributed by atoms with Gasteiger partial charge < -0.3 is 5.11 Å². The van der Waals surface area contributed by atoms with Crippen LogP contribution in [0.1, 0.15) is 15.4 Å². The van der Waals surface area contributed by atoms with Crippen molar-refractivity contribution in [2.45, 2.75) is 12.8 Å². The van der Waals surface area contributed by atoms with Crippen molar-refractivity contribution in [2.75, 3.05) is 0 Å². The SMILES string of the molecule is O=C(O)Cc1sc(Cc2ccc([N+](=O)[O-])cc2)nc1-c1ccccc1. The predicted octanol–water partition coefficient (Wildman–Crippen LogP) is 3.94. The average Bonchev–Trinajstić information content (AvgIpc) is 2.97. The molecule has 1 N–H and O–H groups in total. The number of nitro benzene ring substituents is 1. The summed E-state index contributed by atoms with van der Waals surface area (Å²) in [6.07, 6.45) is 0.421. The third-order valence-electron chi connectivity index (χ3n) is 3.60. The van der Waals surface area contributed by atoms with Gasteiger partial charge >= 0.3 is 5.97 Å². The van der Waals surface area contributed by atoms with Crippen LogP contribution in [0.4, 0.5) is 5.69 Å². The molecule has 0 radical (unpaired) electrons. The number of carbonyl (C=O) groups is 1. The Morgan fingerprint density at radius 2 is 1.80 bits per heavy atom. The quantitative estimate of drug-likeness (QED) is 0.534. The van der Waals surface area contributed by atoms with Crippen molar-refractivity contribution in [1.82, 2.24) is 4.98 Å². The van der Waals surface area contributed by atoms with Crippen LogP contribution in [0.2, 0.25) is 0 Å². The third kappa shape index (κ3) is 4.07. The molecular formula is C18H14N2O4S. The Bertz CT molecular complexity index is 905. The van der Waals surface area contributed by atoms with Gasteiger partial charge in [-0.1, -0.05) is 42.5 Å². The number of nitro groups is 1. The van der Waals surface area contributed by atoms with E-state index in [1.807, 2.05) is 30.3 Å². The van der Waals surface area contributed by atoms with Crippen LogP contribution in [0, 0.1) is 10.1 Å². The van der Waals surface area contributed by atoms with Gasteiger partial charge in [-0.25, -0.2) is 4.98 Å². The Hall–Kier alpha value is -3.06. The van der Waals surface area contributed by atoms with Gasteiger partial charge in [0.15, 0.2) is 0 Å². The highest BCUT2D eigenvalue weighted by Crippen LogP contribution is 2.30. The summed E-state index contributed by atoms with van der Waals surface area (Å²) in [6.45, 7) is 0. The van der Waals surface area contributed by atoms with E-state index in [0.29, 0.717) is 17.0 Å². The van der Waals surface area contributed by atoms with Gasteiger partial charge in [0.05, 0.1) is 22.0 Å². The minimum atomic E-state index is -0.900. The summed E-state index contributed by atoms with van der Waals surface area (Å²) in [5.74, 6) is -0.900. The molecule has 3 aromatic rings. The van der Waals surface area contributed by atoms with Crippen molar-refractivity contribution in [3.05, 3.63) is 80.2 Å². The molecule has 0 aliphatic heterocycles. The summed E-state index contributed by atoms with van der Waals surface area (Å²) in [4.78, 5) is 26.7. The molecule has 6 nitrogen and oxygen atoms in total. The van der Waals surface area contributed by atoms with Crippen molar-refractivity contribution < 1.29 is 14.8 Å². The number of hydrogen-bond donors (Lipinski definition) is 1. The fourth-order valence-electron chi connectivity index (χ4n) is 2.46. The van der Waals surface area contributed by atoms with Crippen LogP contribution >= 0.6 is 11.3 Å². The number of aromatic nitrogens is 1.